The Morgan fingerprint density at radius 2 is 1.27 bits per heavy atom. The maximum atomic E-state index is 12.1. The number of nitrogens with two attached hydrogens (primary N) is 4. The summed E-state index contributed by atoms with van der Waals surface area (Å²) in [5, 5.41) is 41.2. The Balaban J connectivity index is -0.000000721. The number of aliphatic hydroxyl groups is 3. The number of primary amides is 3. The summed E-state index contributed by atoms with van der Waals surface area (Å²) in [5.74, 6) is -16.6. The third-order valence-corrected chi connectivity index (χ3v) is 6.78. The van der Waals surface area contributed by atoms with Crippen LogP contribution in [-0.4, -0.2) is 111 Å². The van der Waals surface area contributed by atoms with Gasteiger partial charge in [-0.2, -0.15) is 0 Å². The Kier molecular flexibility index (Phi) is 14.2. The van der Waals surface area contributed by atoms with Crippen molar-refractivity contribution in [3.8, 4) is 0 Å². The van der Waals surface area contributed by atoms with Gasteiger partial charge >= 0.3 is 103 Å². The average molecular weight is 1160 g/mol. The van der Waals surface area contributed by atoms with Gasteiger partial charge < -0.3 is 65.1 Å². The van der Waals surface area contributed by atoms with Crippen LogP contribution in [-0.2, 0) is 9.68 Å². The first-order valence-electron chi connectivity index (χ1n) is 37.6. The van der Waals surface area contributed by atoms with Gasteiger partial charge in [0.15, 0.2) is 0 Å². The van der Waals surface area contributed by atoms with Crippen molar-refractivity contribution in [1.29, 1.82) is 0 Å². The fourth-order valence-electron chi connectivity index (χ4n) is 3.57. The van der Waals surface area contributed by atoms with E-state index in [1.807, 2.05) is 4.98 Å². The van der Waals surface area contributed by atoms with Gasteiger partial charge in [-0.05, 0) is 119 Å². The summed E-state index contributed by atoms with van der Waals surface area (Å²) in [5.41, 5.74) is 14.4. The van der Waals surface area contributed by atoms with E-state index in [0.29, 0.717) is 0 Å². The molecule has 0 saturated heterocycles. The van der Waals surface area contributed by atoms with E-state index in [9.17, 15) is 29.7 Å². The van der Waals surface area contributed by atoms with Crippen LogP contribution >= 0.6 is 47.2 Å². The van der Waals surface area contributed by atoms with Crippen molar-refractivity contribution in [2.24, 2.45) is 50.6 Å². The number of aromatic nitrogens is 6. The average Bonchev–Trinajstić information content (AvgIpc) is 1.20. The van der Waals surface area contributed by atoms with Gasteiger partial charge in [-0.25, -0.2) is 19.9 Å². The number of carbonyl (C=O) groups is 4. The van der Waals surface area contributed by atoms with E-state index in [-0.39, 0.29) is 153 Å². The normalized spacial score (nSPS) is 49.3. The number of anilines is 1. The Morgan fingerprint density at radius 3 is 1.70 bits per heavy atom. The predicted molar refractivity (Wildman–Crippen MR) is 259 cm³/mol. The molecule has 9 unspecified atom stereocenters. The number of nitrogens with zero attached hydrogens (tertiary/aromatic N) is 6. The van der Waals surface area contributed by atoms with E-state index in [2.05, 4.69) is 45.1 Å². The van der Waals surface area contributed by atoms with Gasteiger partial charge in [0.25, 0.3) is 24.2 Å². The number of nitrogens with one attached hydrogen (secondary N) is 3. The summed E-state index contributed by atoms with van der Waals surface area (Å²) in [6, 6.07) is -11.5. The minimum atomic E-state index is -4.38. The van der Waals surface area contributed by atoms with Crippen LogP contribution in [0.25, 0.3) is 0 Å². The molecular formula is C42H69Cl4K2N13O9. The molecule has 70 heavy (non-hydrogen) atoms. The Bertz CT molecular complexity index is 4020. The number of carbonyl (C=O) groups excluding carboxylic acids is 4. The first-order chi connectivity index (χ1) is 47.0. The smallest absolute Gasteiger partial charge is 1.00 e. The monoisotopic (exact) mass is 1160 g/mol. The number of halogens is 4. The number of hydrogen-bond acceptors (Lipinski definition) is 17. The van der Waals surface area contributed by atoms with Crippen molar-refractivity contribution in [3.05, 3.63) is 61.9 Å². The molecule has 3 amide bonds. The van der Waals surface area contributed by atoms with Crippen LogP contribution in [0.5, 0.6) is 0 Å². The molecule has 3 aliphatic carbocycles. The molecule has 3 aromatic heterocycles. The van der Waals surface area contributed by atoms with Crippen molar-refractivity contribution in [2.45, 2.75) is 148 Å². The summed E-state index contributed by atoms with van der Waals surface area (Å²) >= 11 is 16.5. The van der Waals surface area contributed by atoms with Gasteiger partial charge in [-0.1, -0.05) is 39.6 Å². The topological polar surface area (TPSA) is 385 Å². The molecule has 28 heteroatoms. The maximum absolute atomic E-state index is 12.1. The second kappa shape index (κ2) is 36.7. The molecule has 22 nitrogen and oxygen atoms in total. The molecule has 0 radical (unpaired) electrons. The SMILES string of the molecule is C.Cl.O=CO[O-].[2H]C([2H])([2H])C1([2H])C([2H])([2H])C([2H])([2H])C([2H])(N)C([2H])([2H])C1([2H])O.[2H]c1nc(Cl)[nH]c(=NC2([2H])C([2H])([2H])C([2H])([2H])C([2H])(C([2H])([2H])[2H])C([2H])(O)C2([2H])[2H])c1C(N)=O.[2H]c1nc(Cl)nc(Cl)c1C(N)=O.[2H]c1nc(NC(C)(C)C([2H])([2H])[2H])[nH]c(=NC2([2H])C([2H])([2H])C([2H])([2H])C([2H])(C([2H])([2H])[2H])C([2H])(O)C2([2H])[2H])c1C(N)=O.[H-].[K+].[K+]. The molecule has 14 N–H and O–H groups in total. The van der Waals surface area contributed by atoms with Gasteiger partial charge in [0.05, 0.1) is 57.9 Å². The molecule has 0 bridgehead atoms. The number of hydrogen-bond donors (Lipinski definition) is 10. The standard InChI is InChI=1S/C16H27N5O2.C12H17ClN4O2.C7H15NO.C5H3Cl2N3O.CH2O3.CH4.ClH.2K.H/c1-9-5-6-10(7-12(9)22)19-14-11(13(17)23)8-18-15(20-14)21-16(2,3)4;1-6-2-3-7(4-9(6)18)16-11-8(10(14)19)5-15-12(13)17-11;1-5-2-3-6(8)4-7(5)9;6-3-2(4(8)11)1-9-5(7)10-3;2-1-4-3;;;;;/h8-10,12,22H,5-7H2,1-4H3,(H2,17,23)(H2,18,19,20,21);5-7,9,18H,2-4H2,1H3,(H2,14,19)(H,15,16,17);5-7,9H,2-4,8H2,1H3;1H,(H2,8,11);1,3H;1H4;1H;;;/q;;;;;;;2*+1;-1/p-1/i1D3,2D3,5D2,6D2,7D2,8D,9D,10D,12D;1D3,2D2,3D2,4D2,5D,6D,7D,9D;1D3,2D2,3D2,4D2,5D,6D,7D;1D;;;;;;. The quantitative estimate of drug-likeness (QED) is 0.0278. The van der Waals surface area contributed by atoms with Crippen LogP contribution in [0.3, 0.4) is 0 Å². The van der Waals surface area contributed by atoms with Crippen LogP contribution in [0.1, 0.15) is 196 Å². The second-order valence-electron chi connectivity index (χ2n) is 11.7. The molecule has 3 aliphatic rings. The van der Waals surface area contributed by atoms with Gasteiger partial charge in [0.2, 0.25) is 16.5 Å². The van der Waals surface area contributed by atoms with Crippen LogP contribution in [0.2, 0.25) is 15.7 Å². The van der Waals surface area contributed by atoms with Crippen LogP contribution in [0.15, 0.2) is 28.5 Å². The van der Waals surface area contributed by atoms with Gasteiger partial charge in [0, 0.05) is 76.7 Å². The molecule has 3 aromatic rings. The minimum absolute atomic E-state index is 0. The number of H-pyrrole nitrogens is 2. The van der Waals surface area contributed by atoms with E-state index < -0.39 is 208 Å². The van der Waals surface area contributed by atoms with E-state index >= 15 is 0 Å². The van der Waals surface area contributed by atoms with Crippen molar-refractivity contribution in [3.63, 3.8) is 0 Å². The predicted octanol–water partition coefficient (Wildman–Crippen LogP) is -3.23. The van der Waals surface area contributed by atoms with Crippen LogP contribution < -0.4 is 147 Å². The van der Waals surface area contributed by atoms with E-state index in [0.717, 1.165) is 0 Å². The molecule has 0 aromatic carbocycles. The van der Waals surface area contributed by atoms with Crippen molar-refractivity contribution < 1.29 is 206 Å². The van der Waals surface area contributed by atoms with Crippen LogP contribution in [0.4, 0.5) is 5.95 Å². The number of rotatable bonds is 7. The van der Waals surface area contributed by atoms with E-state index in [1.165, 1.54) is 13.8 Å². The van der Waals surface area contributed by atoms with Crippen molar-refractivity contribution in [1.82, 2.24) is 29.9 Å². The van der Waals surface area contributed by atoms with Crippen molar-refractivity contribution in [2.75, 3.05) is 5.32 Å². The zero-order valence-corrected chi connectivity index (χ0v) is 44.7. The zero-order valence-electron chi connectivity index (χ0n) is 78.4. The van der Waals surface area contributed by atoms with Crippen LogP contribution in [0, 0.1) is 17.7 Å². The Labute approximate surface area is 575 Å². The largest absolute Gasteiger partial charge is 1.00 e. The molecule has 386 valence electrons. The van der Waals surface area contributed by atoms with E-state index in [4.69, 9.17) is 125 Å². The summed E-state index contributed by atoms with van der Waals surface area (Å²) in [6.45, 7) is -12.2. The molecule has 3 fully saturated rings. The Morgan fingerprint density at radius 1 is 0.843 bits per heavy atom. The third kappa shape index (κ3) is 27.3. The first kappa shape index (κ1) is 27.2. The fraction of sp³-hybridized carbons (Fsp3) is 0.619. The van der Waals surface area contributed by atoms with Gasteiger partial charge in [-0.15, -0.1) is 12.4 Å². The third-order valence-electron chi connectivity index (χ3n) is 6.16. The Hall–Kier alpha value is -1.25. The first-order valence-corrected chi connectivity index (χ1v) is 17.7. The maximum Gasteiger partial charge on any atom is 1.00 e. The summed E-state index contributed by atoms with van der Waals surface area (Å²) < 4.78 is 329. The molecule has 0 spiro atoms. The molecule has 3 heterocycles. The molecule has 9 atom stereocenters. The van der Waals surface area contributed by atoms with Crippen molar-refractivity contribution >= 4 is 77.4 Å². The zero-order chi connectivity index (χ0) is 86.9. The summed E-state index contributed by atoms with van der Waals surface area (Å²) in [6.07, 6.45) is -51.0. The minimum Gasteiger partial charge on any atom is -1.00 e. The van der Waals surface area contributed by atoms with E-state index in [1.54, 1.807) is 0 Å². The molecule has 6 rings (SSSR count). The number of amides is 3. The fourth-order valence-corrected chi connectivity index (χ4v) is 4.08. The second-order valence-corrected chi connectivity index (χ2v) is 12.8. The van der Waals surface area contributed by atoms with Gasteiger partial charge in [0.1, 0.15) is 16.1 Å². The summed E-state index contributed by atoms with van der Waals surface area (Å²) in [7, 11) is 0. The molecular weight excluding hydrogens is 1050 g/mol. The number of aromatic amines is 2. The van der Waals surface area contributed by atoms with Gasteiger partial charge in [-0.3, -0.25) is 29.2 Å². The summed E-state index contributed by atoms with van der Waals surface area (Å²) in [4.78, 5) is 70.6. The molecule has 3 saturated carbocycles. The molecule has 0 aliphatic heterocycles.